The fourth-order valence-electron chi connectivity index (χ4n) is 3.72. The van der Waals surface area contributed by atoms with Crippen molar-refractivity contribution in [3.8, 4) is 0 Å². The van der Waals surface area contributed by atoms with Crippen LogP contribution < -0.4 is 5.32 Å². The van der Waals surface area contributed by atoms with E-state index in [0.29, 0.717) is 36.2 Å². The number of rotatable bonds is 12. The summed E-state index contributed by atoms with van der Waals surface area (Å²) in [5.74, 6) is -0.397. The smallest absolute Gasteiger partial charge is 0.247 e. The molecule has 3 aromatic rings. The van der Waals surface area contributed by atoms with Crippen molar-refractivity contribution >= 4 is 35.0 Å². The summed E-state index contributed by atoms with van der Waals surface area (Å²) in [7, 11) is 0. The van der Waals surface area contributed by atoms with Crippen LogP contribution >= 0.6 is 23.2 Å². The van der Waals surface area contributed by atoms with E-state index in [4.69, 9.17) is 27.9 Å². The molecule has 184 valence electrons. The second kappa shape index (κ2) is 13.9. The van der Waals surface area contributed by atoms with Gasteiger partial charge in [-0.15, -0.1) is 0 Å². The fraction of sp³-hybridized carbons (Fsp3) is 0.286. The highest BCUT2D eigenvalue weighted by molar-refractivity contribution is 6.30. The van der Waals surface area contributed by atoms with Crippen LogP contribution in [0.15, 0.2) is 78.9 Å². The lowest BCUT2D eigenvalue weighted by atomic mass is 10.0. The molecule has 0 aliphatic carbocycles. The number of ether oxygens (including phenoxy) is 1. The van der Waals surface area contributed by atoms with Gasteiger partial charge in [0.1, 0.15) is 6.04 Å². The summed E-state index contributed by atoms with van der Waals surface area (Å²) in [5, 5.41) is 4.21. The lowest BCUT2D eigenvalue weighted by molar-refractivity contribution is -0.141. The van der Waals surface area contributed by atoms with Crippen molar-refractivity contribution in [3.05, 3.63) is 106 Å². The maximum absolute atomic E-state index is 13.7. The summed E-state index contributed by atoms with van der Waals surface area (Å²) in [5.41, 5.74) is 2.45. The van der Waals surface area contributed by atoms with Crippen molar-refractivity contribution in [3.63, 3.8) is 0 Å². The molecule has 1 atom stereocenters. The first kappa shape index (κ1) is 26.7. The molecule has 2 amide bonds. The lowest BCUT2D eigenvalue weighted by Gasteiger charge is -2.32. The second-order valence-electron chi connectivity index (χ2n) is 8.11. The maximum atomic E-state index is 13.7. The Kier molecular flexibility index (Phi) is 10.6. The van der Waals surface area contributed by atoms with Gasteiger partial charge in [-0.1, -0.05) is 77.8 Å². The quantitative estimate of drug-likeness (QED) is 0.309. The van der Waals surface area contributed by atoms with Crippen molar-refractivity contribution in [1.82, 2.24) is 10.2 Å². The zero-order valence-corrected chi connectivity index (χ0v) is 21.3. The molecule has 3 rings (SSSR count). The van der Waals surface area contributed by atoms with Crippen molar-refractivity contribution in [1.29, 1.82) is 0 Å². The molecule has 0 fully saturated rings. The molecule has 0 aliphatic rings. The number of hydrogen-bond acceptors (Lipinski definition) is 3. The summed E-state index contributed by atoms with van der Waals surface area (Å²) in [6, 6.07) is 23.0. The van der Waals surface area contributed by atoms with Crippen LogP contribution in [0.25, 0.3) is 0 Å². The number of hydrogen-bond donors (Lipinski definition) is 1. The van der Waals surface area contributed by atoms with Gasteiger partial charge in [0.2, 0.25) is 11.8 Å². The summed E-state index contributed by atoms with van der Waals surface area (Å²) in [6.45, 7) is 3.86. The maximum Gasteiger partial charge on any atom is 0.247 e. The van der Waals surface area contributed by atoms with Crippen molar-refractivity contribution in [2.24, 2.45) is 0 Å². The van der Waals surface area contributed by atoms with Crippen LogP contribution in [0.5, 0.6) is 0 Å². The Morgan fingerprint density at radius 2 is 1.49 bits per heavy atom. The zero-order chi connectivity index (χ0) is 25.0. The second-order valence-corrected chi connectivity index (χ2v) is 8.98. The van der Waals surface area contributed by atoms with Gasteiger partial charge in [-0.05, 0) is 54.3 Å². The van der Waals surface area contributed by atoms with Gasteiger partial charge in [-0.2, -0.15) is 0 Å². The van der Waals surface area contributed by atoms with Crippen molar-refractivity contribution in [2.75, 3.05) is 19.8 Å². The normalized spacial score (nSPS) is 11.6. The van der Waals surface area contributed by atoms with E-state index < -0.39 is 6.04 Å². The van der Waals surface area contributed by atoms with Gasteiger partial charge in [0.15, 0.2) is 0 Å². The van der Waals surface area contributed by atoms with E-state index in [2.05, 4.69) is 5.32 Å². The van der Waals surface area contributed by atoms with Crippen LogP contribution in [0.4, 0.5) is 0 Å². The number of amides is 2. The van der Waals surface area contributed by atoms with Crippen LogP contribution in [0, 0.1) is 0 Å². The zero-order valence-electron chi connectivity index (χ0n) is 19.8. The third-order valence-corrected chi connectivity index (χ3v) is 6.00. The molecule has 5 nitrogen and oxygen atoms in total. The van der Waals surface area contributed by atoms with Crippen molar-refractivity contribution < 1.29 is 14.3 Å². The van der Waals surface area contributed by atoms with E-state index >= 15 is 0 Å². The standard InChI is InChI=1S/C28H30Cl2N2O3/c1-2-35-18-6-17-31-28(34)27(23-7-4-3-5-8-23)32(20-22-11-15-25(30)16-12-22)26(33)19-21-9-13-24(29)14-10-21/h3-5,7-16,27H,2,6,17-20H2,1H3,(H,31,34)/t27-/m1/s1. The van der Waals surface area contributed by atoms with E-state index in [9.17, 15) is 9.59 Å². The Bertz CT molecular complexity index is 1070. The van der Waals surface area contributed by atoms with Crippen LogP contribution in [-0.2, 0) is 27.3 Å². The molecule has 0 saturated heterocycles. The third kappa shape index (κ3) is 8.39. The summed E-state index contributed by atoms with van der Waals surface area (Å²) < 4.78 is 5.37. The average molecular weight is 513 g/mol. The largest absolute Gasteiger partial charge is 0.382 e. The van der Waals surface area contributed by atoms with Gasteiger partial charge in [-0.25, -0.2) is 0 Å². The Labute approximate surface area is 217 Å². The van der Waals surface area contributed by atoms with E-state index in [1.807, 2.05) is 61.5 Å². The molecular weight excluding hydrogens is 483 g/mol. The Hall–Kier alpha value is -2.86. The van der Waals surface area contributed by atoms with Crippen LogP contribution in [0.1, 0.15) is 36.1 Å². The Balaban J connectivity index is 1.90. The molecule has 7 heteroatoms. The molecule has 0 bridgehead atoms. The van der Waals surface area contributed by atoms with Crippen LogP contribution in [0.3, 0.4) is 0 Å². The molecule has 0 heterocycles. The highest BCUT2D eigenvalue weighted by Crippen LogP contribution is 2.25. The number of halogens is 2. The lowest BCUT2D eigenvalue weighted by Crippen LogP contribution is -2.44. The van der Waals surface area contributed by atoms with Gasteiger partial charge < -0.3 is 15.0 Å². The topological polar surface area (TPSA) is 58.6 Å². The highest BCUT2D eigenvalue weighted by atomic mass is 35.5. The molecule has 3 aromatic carbocycles. The monoisotopic (exact) mass is 512 g/mol. The average Bonchev–Trinajstić information content (AvgIpc) is 2.87. The molecule has 0 spiro atoms. The molecule has 35 heavy (non-hydrogen) atoms. The van der Waals surface area contributed by atoms with Gasteiger partial charge in [0.05, 0.1) is 6.42 Å². The fourth-order valence-corrected chi connectivity index (χ4v) is 3.98. The summed E-state index contributed by atoms with van der Waals surface area (Å²) >= 11 is 12.1. The number of benzene rings is 3. The van der Waals surface area contributed by atoms with Crippen LogP contribution in [-0.4, -0.2) is 36.5 Å². The third-order valence-electron chi connectivity index (χ3n) is 5.50. The molecule has 0 aliphatic heterocycles. The Morgan fingerprint density at radius 1 is 0.886 bits per heavy atom. The number of carbonyl (C=O) groups is 2. The minimum atomic E-state index is -0.793. The number of nitrogens with zero attached hydrogens (tertiary/aromatic N) is 1. The molecular formula is C28H30Cl2N2O3. The molecule has 0 unspecified atom stereocenters. The Morgan fingerprint density at radius 3 is 2.09 bits per heavy atom. The van der Waals surface area contributed by atoms with E-state index in [0.717, 1.165) is 16.7 Å². The van der Waals surface area contributed by atoms with Gasteiger partial charge >= 0.3 is 0 Å². The van der Waals surface area contributed by atoms with Crippen molar-refractivity contribution in [2.45, 2.75) is 32.4 Å². The molecule has 0 radical (unpaired) electrons. The predicted octanol–water partition coefficient (Wildman–Crippen LogP) is 5.85. The minimum Gasteiger partial charge on any atom is -0.382 e. The van der Waals surface area contributed by atoms with E-state index in [1.165, 1.54) is 0 Å². The minimum absolute atomic E-state index is 0.145. The first-order valence-corrected chi connectivity index (χ1v) is 12.4. The molecule has 0 aromatic heterocycles. The summed E-state index contributed by atoms with van der Waals surface area (Å²) in [4.78, 5) is 28.8. The molecule has 0 saturated carbocycles. The summed E-state index contributed by atoms with van der Waals surface area (Å²) in [6.07, 6.45) is 0.836. The van der Waals surface area contributed by atoms with Gasteiger partial charge in [0, 0.05) is 36.3 Å². The molecule has 1 N–H and O–H groups in total. The van der Waals surface area contributed by atoms with Crippen LogP contribution in [0.2, 0.25) is 10.0 Å². The highest BCUT2D eigenvalue weighted by Gasteiger charge is 2.31. The first-order valence-electron chi connectivity index (χ1n) is 11.7. The van der Waals surface area contributed by atoms with E-state index in [-0.39, 0.29) is 24.8 Å². The SMILES string of the molecule is CCOCCCNC(=O)[C@@H](c1ccccc1)N(Cc1ccc(Cl)cc1)C(=O)Cc1ccc(Cl)cc1. The van der Waals surface area contributed by atoms with Gasteiger partial charge in [0.25, 0.3) is 0 Å². The predicted molar refractivity (Wildman–Crippen MR) is 140 cm³/mol. The van der Waals surface area contributed by atoms with E-state index in [1.54, 1.807) is 29.2 Å². The number of carbonyl (C=O) groups excluding carboxylic acids is 2. The van der Waals surface area contributed by atoms with Gasteiger partial charge in [-0.3, -0.25) is 9.59 Å². The number of nitrogens with one attached hydrogen (secondary N) is 1. The first-order chi connectivity index (χ1) is 17.0.